The fourth-order valence-corrected chi connectivity index (χ4v) is 3.40. The predicted octanol–water partition coefficient (Wildman–Crippen LogP) is 6.58. The summed E-state index contributed by atoms with van der Waals surface area (Å²) in [5.74, 6) is -0.781. The molecular weight excluding hydrogens is 433 g/mol. The summed E-state index contributed by atoms with van der Waals surface area (Å²) < 4.78 is 25.3. The van der Waals surface area contributed by atoms with Crippen LogP contribution in [-0.2, 0) is 9.53 Å². The average Bonchev–Trinajstić information content (AvgIpc) is 3.34. The molecule has 1 heterocycles. The monoisotopic (exact) mass is 455 g/mol. The molecule has 0 aliphatic rings. The molecule has 0 aliphatic heterocycles. The highest BCUT2D eigenvalue weighted by Crippen LogP contribution is 2.29. The van der Waals surface area contributed by atoms with Crippen LogP contribution >= 0.6 is 0 Å². The molecule has 0 fully saturated rings. The molecule has 0 bridgehead atoms. The van der Waals surface area contributed by atoms with E-state index >= 15 is 0 Å². The Morgan fingerprint density at radius 1 is 0.941 bits per heavy atom. The summed E-state index contributed by atoms with van der Waals surface area (Å²) in [6.45, 7) is 2.03. The fraction of sp³-hybridized carbons (Fsp3) is 0.0714. The van der Waals surface area contributed by atoms with Crippen molar-refractivity contribution >= 4 is 23.6 Å². The van der Waals surface area contributed by atoms with Crippen LogP contribution in [0, 0.1) is 5.82 Å². The predicted molar refractivity (Wildman–Crippen MR) is 130 cm³/mol. The van der Waals surface area contributed by atoms with Gasteiger partial charge in [0.05, 0.1) is 6.61 Å². The van der Waals surface area contributed by atoms with Gasteiger partial charge in [0, 0.05) is 22.9 Å². The van der Waals surface area contributed by atoms with Crippen LogP contribution in [-0.4, -0.2) is 18.5 Å². The Balaban J connectivity index is 1.46. The first-order chi connectivity index (χ1) is 16.5. The van der Waals surface area contributed by atoms with Gasteiger partial charge in [0.1, 0.15) is 11.6 Å². The van der Waals surface area contributed by atoms with Gasteiger partial charge in [0.2, 0.25) is 0 Å². The van der Waals surface area contributed by atoms with E-state index in [4.69, 9.17) is 9.15 Å². The Morgan fingerprint density at radius 2 is 1.76 bits per heavy atom. The topological polar surface area (TPSA) is 68.5 Å². The molecule has 34 heavy (non-hydrogen) atoms. The maximum Gasteiger partial charge on any atom is 0.330 e. The first kappa shape index (κ1) is 22.7. The summed E-state index contributed by atoms with van der Waals surface area (Å²) in [6.07, 6.45) is 2.93. The van der Waals surface area contributed by atoms with Crippen LogP contribution in [0.5, 0.6) is 0 Å². The molecular formula is C28H22FNO4. The summed E-state index contributed by atoms with van der Waals surface area (Å²) in [5, 5.41) is 2.76. The number of furan rings is 1. The number of halogens is 1. The molecule has 0 saturated heterocycles. The molecule has 0 radical (unpaired) electrons. The lowest BCUT2D eigenvalue weighted by Crippen LogP contribution is -2.10. The van der Waals surface area contributed by atoms with Gasteiger partial charge in [-0.1, -0.05) is 54.6 Å². The molecule has 4 aromatic rings. The van der Waals surface area contributed by atoms with Crippen molar-refractivity contribution in [2.24, 2.45) is 0 Å². The minimum Gasteiger partial charge on any atom is -0.463 e. The zero-order valence-corrected chi connectivity index (χ0v) is 18.5. The van der Waals surface area contributed by atoms with Crippen molar-refractivity contribution in [2.45, 2.75) is 6.92 Å². The number of anilines is 1. The largest absolute Gasteiger partial charge is 0.463 e. The maximum atomic E-state index is 14.7. The molecule has 0 unspecified atom stereocenters. The highest BCUT2D eigenvalue weighted by molar-refractivity contribution is 6.02. The number of rotatable bonds is 7. The van der Waals surface area contributed by atoms with Gasteiger partial charge in [-0.3, -0.25) is 4.79 Å². The van der Waals surface area contributed by atoms with E-state index < -0.39 is 11.9 Å². The number of benzene rings is 3. The SMILES string of the molecule is CCOC(=O)/C=C/c1cccc(NC(=O)c2ccc(-c3ccc(-c4ccccc4)c(F)c3)o2)c1. The second-order valence-corrected chi connectivity index (χ2v) is 7.39. The summed E-state index contributed by atoms with van der Waals surface area (Å²) in [6, 6.07) is 24.3. The van der Waals surface area contributed by atoms with Crippen molar-refractivity contribution in [1.82, 2.24) is 0 Å². The average molecular weight is 455 g/mol. The van der Waals surface area contributed by atoms with E-state index in [1.165, 1.54) is 18.2 Å². The zero-order chi connectivity index (χ0) is 23.9. The van der Waals surface area contributed by atoms with Gasteiger partial charge in [-0.15, -0.1) is 0 Å². The number of carbonyl (C=O) groups is 2. The van der Waals surface area contributed by atoms with E-state index in [9.17, 15) is 14.0 Å². The summed E-state index contributed by atoms with van der Waals surface area (Å²) >= 11 is 0. The summed E-state index contributed by atoms with van der Waals surface area (Å²) in [5.41, 5.74) is 3.06. The van der Waals surface area contributed by atoms with Gasteiger partial charge < -0.3 is 14.5 Å². The molecule has 0 aliphatic carbocycles. The Bertz CT molecular complexity index is 1340. The van der Waals surface area contributed by atoms with Crippen molar-refractivity contribution in [3.05, 3.63) is 108 Å². The Labute approximate surface area is 196 Å². The minimum absolute atomic E-state index is 0.0926. The quantitative estimate of drug-likeness (QED) is 0.252. The van der Waals surface area contributed by atoms with E-state index in [0.717, 1.165) is 11.1 Å². The van der Waals surface area contributed by atoms with Gasteiger partial charge >= 0.3 is 5.97 Å². The Hall–Kier alpha value is -4.45. The number of esters is 1. The molecule has 170 valence electrons. The molecule has 6 heteroatoms. The van der Waals surface area contributed by atoms with Crippen LogP contribution in [0.25, 0.3) is 28.5 Å². The molecule has 0 saturated carbocycles. The van der Waals surface area contributed by atoms with Crippen molar-refractivity contribution < 1.29 is 23.1 Å². The molecule has 1 N–H and O–H groups in total. The Morgan fingerprint density at radius 3 is 2.53 bits per heavy atom. The second-order valence-electron chi connectivity index (χ2n) is 7.39. The molecule has 0 spiro atoms. The van der Waals surface area contributed by atoms with E-state index in [1.807, 2.05) is 30.3 Å². The van der Waals surface area contributed by atoms with Gasteiger partial charge in [0.15, 0.2) is 5.76 Å². The van der Waals surface area contributed by atoms with Crippen molar-refractivity contribution in [3.63, 3.8) is 0 Å². The molecule has 1 aromatic heterocycles. The normalized spacial score (nSPS) is 10.9. The van der Waals surface area contributed by atoms with E-state index in [-0.39, 0.29) is 11.6 Å². The number of hydrogen-bond donors (Lipinski definition) is 1. The smallest absolute Gasteiger partial charge is 0.330 e. The van der Waals surface area contributed by atoms with Crippen LogP contribution in [0.15, 0.2) is 95.4 Å². The third-order valence-corrected chi connectivity index (χ3v) is 5.01. The van der Waals surface area contributed by atoms with Gasteiger partial charge in [-0.25, -0.2) is 9.18 Å². The molecule has 3 aromatic carbocycles. The van der Waals surface area contributed by atoms with E-state index in [0.29, 0.717) is 29.2 Å². The van der Waals surface area contributed by atoms with Crippen LogP contribution < -0.4 is 5.32 Å². The standard InChI is InChI=1S/C28H22FNO4/c1-2-33-27(31)16-11-19-7-6-10-22(17-19)30-28(32)26-15-14-25(34-26)21-12-13-23(24(29)18-21)20-8-4-3-5-9-20/h3-18H,2H2,1H3,(H,30,32)/b16-11+. The van der Waals surface area contributed by atoms with Crippen molar-refractivity contribution in [3.8, 4) is 22.5 Å². The first-order valence-corrected chi connectivity index (χ1v) is 10.7. The van der Waals surface area contributed by atoms with Gasteiger partial charge in [-0.05, 0) is 54.5 Å². The number of amides is 1. The number of carbonyl (C=O) groups excluding carboxylic acids is 2. The minimum atomic E-state index is -0.445. The lowest BCUT2D eigenvalue weighted by atomic mass is 10.0. The lowest BCUT2D eigenvalue weighted by molar-refractivity contribution is -0.137. The molecule has 0 atom stereocenters. The second kappa shape index (κ2) is 10.4. The van der Waals surface area contributed by atoms with Gasteiger partial charge in [-0.2, -0.15) is 0 Å². The first-order valence-electron chi connectivity index (χ1n) is 10.7. The van der Waals surface area contributed by atoms with Crippen molar-refractivity contribution in [1.29, 1.82) is 0 Å². The fourth-order valence-electron chi connectivity index (χ4n) is 3.40. The molecule has 4 rings (SSSR count). The maximum absolute atomic E-state index is 14.7. The molecule has 5 nitrogen and oxygen atoms in total. The van der Waals surface area contributed by atoms with Crippen LogP contribution in [0.3, 0.4) is 0 Å². The highest BCUT2D eigenvalue weighted by atomic mass is 19.1. The third kappa shape index (κ3) is 5.48. The van der Waals surface area contributed by atoms with E-state index in [1.54, 1.807) is 55.5 Å². The summed E-state index contributed by atoms with van der Waals surface area (Å²) in [4.78, 5) is 24.1. The highest BCUT2D eigenvalue weighted by Gasteiger charge is 2.14. The number of hydrogen-bond acceptors (Lipinski definition) is 4. The number of nitrogens with one attached hydrogen (secondary N) is 1. The summed E-state index contributed by atoms with van der Waals surface area (Å²) in [7, 11) is 0. The van der Waals surface area contributed by atoms with E-state index in [2.05, 4.69) is 5.32 Å². The lowest BCUT2D eigenvalue weighted by Gasteiger charge is -2.06. The van der Waals surface area contributed by atoms with Crippen LogP contribution in [0.4, 0.5) is 10.1 Å². The van der Waals surface area contributed by atoms with Crippen LogP contribution in [0.1, 0.15) is 23.0 Å². The van der Waals surface area contributed by atoms with Crippen LogP contribution in [0.2, 0.25) is 0 Å². The third-order valence-electron chi connectivity index (χ3n) is 5.01. The zero-order valence-electron chi connectivity index (χ0n) is 18.5. The van der Waals surface area contributed by atoms with Crippen molar-refractivity contribution in [2.75, 3.05) is 11.9 Å². The van der Waals surface area contributed by atoms with Gasteiger partial charge in [0.25, 0.3) is 5.91 Å². The molecule has 1 amide bonds. The Kier molecular flexibility index (Phi) is 6.98. The number of ether oxygens (including phenoxy) is 1.